The molecule has 2 aliphatic rings. The van der Waals surface area contributed by atoms with Gasteiger partial charge >= 0.3 is 0 Å². The van der Waals surface area contributed by atoms with Gasteiger partial charge in [0.15, 0.2) is 0 Å². The van der Waals surface area contributed by atoms with Gasteiger partial charge in [-0.05, 0) is 58.7 Å². The molecule has 5 nitrogen and oxygen atoms in total. The fourth-order valence-corrected chi connectivity index (χ4v) is 4.06. The molecule has 1 aliphatic carbocycles. The second kappa shape index (κ2) is 7.20. The topological polar surface area (TPSA) is 52.7 Å². The SMILES string of the molecule is CN1CCCC1CN(C)S(=O)(=O)CCCCNC1CC1. The van der Waals surface area contributed by atoms with Gasteiger partial charge in [0.2, 0.25) is 10.0 Å². The highest BCUT2D eigenvalue weighted by atomic mass is 32.2. The standard InChI is InChI=1S/C14H29N3O2S/c1-16-10-5-6-14(16)12-17(2)20(18,19)11-4-3-9-15-13-7-8-13/h13-15H,3-12H2,1-2H3. The van der Waals surface area contributed by atoms with Crippen LogP contribution in [0.4, 0.5) is 0 Å². The number of nitrogens with zero attached hydrogens (tertiary/aromatic N) is 2. The van der Waals surface area contributed by atoms with Crippen LogP contribution in [0.1, 0.15) is 38.5 Å². The first-order chi connectivity index (χ1) is 9.49. The molecule has 1 aliphatic heterocycles. The summed E-state index contributed by atoms with van der Waals surface area (Å²) in [7, 11) is 0.734. The maximum Gasteiger partial charge on any atom is 0.213 e. The summed E-state index contributed by atoms with van der Waals surface area (Å²) < 4.78 is 26.0. The van der Waals surface area contributed by atoms with E-state index < -0.39 is 10.0 Å². The van der Waals surface area contributed by atoms with Crippen LogP contribution in [0.15, 0.2) is 0 Å². The number of likely N-dealkylation sites (tertiary alicyclic amines) is 1. The zero-order chi connectivity index (χ0) is 14.6. The van der Waals surface area contributed by atoms with E-state index in [0.29, 0.717) is 18.6 Å². The molecule has 0 aromatic rings. The van der Waals surface area contributed by atoms with E-state index in [1.807, 2.05) is 0 Å². The van der Waals surface area contributed by atoms with Crippen LogP contribution >= 0.6 is 0 Å². The van der Waals surface area contributed by atoms with Gasteiger partial charge < -0.3 is 10.2 Å². The highest BCUT2D eigenvalue weighted by Gasteiger charge is 2.26. The van der Waals surface area contributed by atoms with Gasteiger partial charge in [-0.1, -0.05) is 0 Å². The minimum atomic E-state index is -3.08. The van der Waals surface area contributed by atoms with Crippen LogP contribution < -0.4 is 5.32 Å². The van der Waals surface area contributed by atoms with Crippen LogP contribution in [0.5, 0.6) is 0 Å². The van der Waals surface area contributed by atoms with E-state index in [1.54, 1.807) is 11.4 Å². The van der Waals surface area contributed by atoms with E-state index in [2.05, 4.69) is 17.3 Å². The lowest BCUT2D eigenvalue weighted by molar-refractivity contribution is 0.271. The van der Waals surface area contributed by atoms with Gasteiger partial charge in [0, 0.05) is 25.7 Å². The van der Waals surface area contributed by atoms with Crippen molar-refractivity contribution in [2.45, 2.75) is 50.6 Å². The van der Waals surface area contributed by atoms with Gasteiger partial charge in [0.1, 0.15) is 0 Å². The fraction of sp³-hybridized carbons (Fsp3) is 1.00. The van der Waals surface area contributed by atoms with Gasteiger partial charge in [-0.3, -0.25) is 0 Å². The average Bonchev–Trinajstić information content (AvgIpc) is 3.13. The van der Waals surface area contributed by atoms with Crippen molar-refractivity contribution < 1.29 is 8.42 Å². The quantitative estimate of drug-likeness (QED) is 0.642. The third-order valence-electron chi connectivity index (χ3n) is 4.45. The largest absolute Gasteiger partial charge is 0.314 e. The van der Waals surface area contributed by atoms with Crippen LogP contribution in [0, 0.1) is 0 Å². The maximum atomic E-state index is 12.2. The zero-order valence-corrected chi connectivity index (χ0v) is 13.7. The minimum absolute atomic E-state index is 0.284. The predicted molar refractivity (Wildman–Crippen MR) is 82.3 cm³/mol. The number of unbranched alkanes of at least 4 members (excludes halogenated alkanes) is 1. The molecule has 0 aromatic carbocycles. The molecule has 2 rings (SSSR count). The van der Waals surface area contributed by atoms with Gasteiger partial charge in [0.25, 0.3) is 0 Å². The molecule has 1 unspecified atom stereocenters. The number of rotatable bonds is 9. The highest BCUT2D eigenvalue weighted by molar-refractivity contribution is 7.89. The highest BCUT2D eigenvalue weighted by Crippen LogP contribution is 2.19. The van der Waals surface area contributed by atoms with E-state index in [9.17, 15) is 8.42 Å². The second-order valence-electron chi connectivity index (χ2n) is 6.31. The molecule has 0 aromatic heterocycles. The molecule has 0 amide bonds. The zero-order valence-electron chi connectivity index (χ0n) is 12.8. The Morgan fingerprint density at radius 2 is 2.00 bits per heavy atom. The molecule has 2 fully saturated rings. The molecule has 1 atom stereocenters. The Kier molecular flexibility index (Phi) is 5.84. The molecule has 0 bridgehead atoms. The Morgan fingerprint density at radius 1 is 1.25 bits per heavy atom. The van der Waals surface area contributed by atoms with Gasteiger partial charge in [-0.15, -0.1) is 0 Å². The van der Waals surface area contributed by atoms with Crippen LogP contribution in [-0.2, 0) is 10.0 Å². The predicted octanol–water partition coefficient (Wildman–Crippen LogP) is 0.874. The van der Waals surface area contributed by atoms with E-state index in [0.717, 1.165) is 32.4 Å². The normalized spacial score (nSPS) is 24.6. The van der Waals surface area contributed by atoms with Gasteiger partial charge in [0.05, 0.1) is 5.75 Å². The molecule has 1 saturated heterocycles. The molecule has 0 radical (unpaired) electrons. The first-order valence-corrected chi connectivity index (χ1v) is 9.47. The Hall–Kier alpha value is -0.170. The summed E-state index contributed by atoms with van der Waals surface area (Å²) in [5.41, 5.74) is 0. The van der Waals surface area contributed by atoms with Crippen molar-refractivity contribution in [1.29, 1.82) is 0 Å². The van der Waals surface area contributed by atoms with Crippen molar-refractivity contribution in [3.05, 3.63) is 0 Å². The van der Waals surface area contributed by atoms with Crippen molar-refractivity contribution in [3.63, 3.8) is 0 Å². The van der Waals surface area contributed by atoms with Crippen molar-refractivity contribution in [2.24, 2.45) is 0 Å². The molecular weight excluding hydrogens is 274 g/mol. The van der Waals surface area contributed by atoms with E-state index in [4.69, 9.17) is 0 Å². The Balaban J connectivity index is 1.65. The lowest BCUT2D eigenvalue weighted by Crippen LogP contribution is -2.40. The molecule has 118 valence electrons. The van der Waals surface area contributed by atoms with Crippen LogP contribution in [0.2, 0.25) is 0 Å². The average molecular weight is 303 g/mol. The first kappa shape index (κ1) is 16.2. The van der Waals surface area contributed by atoms with E-state index >= 15 is 0 Å². The van der Waals surface area contributed by atoms with Crippen molar-refractivity contribution in [3.8, 4) is 0 Å². The van der Waals surface area contributed by atoms with Crippen molar-refractivity contribution in [2.75, 3.05) is 39.5 Å². The summed E-state index contributed by atoms with van der Waals surface area (Å²) >= 11 is 0. The summed E-state index contributed by atoms with van der Waals surface area (Å²) in [5.74, 6) is 0.284. The molecule has 20 heavy (non-hydrogen) atoms. The molecule has 1 saturated carbocycles. The molecule has 6 heteroatoms. The number of hydrogen-bond acceptors (Lipinski definition) is 4. The monoisotopic (exact) mass is 303 g/mol. The Bertz CT molecular complexity index is 395. The molecule has 1 heterocycles. The van der Waals surface area contributed by atoms with Gasteiger partial charge in [-0.2, -0.15) is 0 Å². The maximum absolute atomic E-state index is 12.2. The minimum Gasteiger partial charge on any atom is -0.314 e. The van der Waals surface area contributed by atoms with Crippen molar-refractivity contribution in [1.82, 2.24) is 14.5 Å². The first-order valence-electron chi connectivity index (χ1n) is 7.86. The summed E-state index contributed by atoms with van der Waals surface area (Å²) in [4.78, 5) is 2.27. The lowest BCUT2D eigenvalue weighted by atomic mass is 10.2. The van der Waals surface area contributed by atoms with Crippen LogP contribution in [-0.4, -0.2) is 69.2 Å². The van der Waals surface area contributed by atoms with Crippen LogP contribution in [0.25, 0.3) is 0 Å². The third kappa shape index (κ3) is 4.98. The second-order valence-corrected chi connectivity index (χ2v) is 8.50. The Labute approximate surface area is 123 Å². The molecular formula is C14H29N3O2S. The third-order valence-corrected chi connectivity index (χ3v) is 6.36. The fourth-order valence-electron chi connectivity index (χ4n) is 2.78. The molecule has 0 spiro atoms. The summed E-state index contributed by atoms with van der Waals surface area (Å²) in [6, 6.07) is 1.11. The van der Waals surface area contributed by atoms with Crippen molar-refractivity contribution >= 4 is 10.0 Å². The lowest BCUT2D eigenvalue weighted by Gasteiger charge is -2.25. The Morgan fingerprint density at radius 3 is 2.60 bits per heavy atom. The smallest absolute Gasteiger partial charge is 0.213 e. The van der Waals surface area contributed by atoms with Crippen LogP contribution in [0.3, 0.4) is 0 Å². The molecule has 1 N–H and O–H groups in total. The summed E-state index contributed by atoms with van der Waals surface area (Å²) in [6.45, 7) is 2.68. The number of nitrogens with one attached hydrogen (secondary N) is 1. The van der Waals surface area contributed by atoms with Gasteiger partial charge in [-0.25, -0.2) is 12.7 Å². The van der Waals surface area contributed by atoms with E-state index in [1.165, 1.54) is 19.3 Å². The summed E-state index contributed by atoms with van der Waals surface area (Å²) in [5, 5.41) is 3.42. The number of sulfonamides is 1. The summed E-state index contributed by atoms with van der Waals surface area (Å²) in [6.07, 6.45) is 6.58. The number of likely N-dealkylation sites (N-methyl/N-ethyl adjacent to an activating group) is 2. The number of hydrogen-bond donors (Lipinski definition) is 1. The van der Waals surface area contributed by atoms with E-state index in [-0.39, 0.29) is 5.75 Å².